The Bertz CT molecular complexity index is 461. The number of hydrogen-bond acceptors (Lipinski definition) is 3. The summed E-state index contributed by atoms with van der Waals surface area (Å²) in [6.45, 7) is 3.25. The standard InChI is InChI=1S/C18H28N2O3/c1-14(17(21)13-15-7-3-2-4-8-15)20-18(22)19-11-10-16-9-5-6-12-23-16/h2-4,7-8,14,16-17,21H,5-6,9-13H2,1H3,(H2,19,20,22). The van der Waals surface area contributed by atoms with Crippen LogP contribution in [0.15, 0.2) is 30.3 Å². The van der Waals surface area contributed by atoms with E-state index in [1.807, 2.05) is 37.3 Å². The van der Waals surface area contributed by atoms with E-state index in [1.54, 1.807) is 0 Å². The number of ether oxygens (including phenoxy) is 1. The Hall–Kier alpha value is -1.59. The lowest BCUT2D eigenvalue weighted by molar-refractivity contribution is 0.0119. The summed E-state index contributed by atoms with van der Waals surface area (Å²) >= 11 is 0. The lowest BCUT2D eigenvalue weighted by Crippen LogP contribution is -2.47. The summed E-state index contributed by atoms with van der Waals surface area (Å²) in [4.78, 5) is 11.9. The molecule has 3 atom stereocenters. The van der Waals surface area contributed by atoms with E-state index < -0.39 is 6.10 Å². The van der Waals surface area contributed by atoms with Crippen molar-refractivity contribution in [2.45, 2.75) is 57.3 Å². The zero-order valence-electron chi connectivity index (χ0n) is 13.8. The predicted octanol–water partition coefficient (Wildman–Crippen LogP) is 2.24. The first kappa shape index (κ1) is 17.8. The molecule has 2 amide bonds. The number of rotatable bonds is 7. The normalized spacial score (nSPS) is 20.5. The topological polar surface area (TPSA) is 70.6 Å². The number of carbonyl (C=O) groups excluding carboxylic acids is 1. The Morgan fingerprint density at radius 3 is 2.83 bits per heavy atom. The molecular weight excluding hydrogens is 292 g/mol. The van der Waals surface area contributed by atoms with E-state index in [0.29, 0.717) is 13.0 Å². The van der Waals surface area contributed by atoms with Crippen molar-refractivity contribution >= 4 is 6.03 Å². The Morgan fingerprint density at radius 1 is 1.35 bits per heavy atom. The number of benzene rings is 1. The maximum atomic E-state index is 11.9. The van der Waals surface area contributed by atoms with E-state index >= 15 is 0 Å². The Kier molecular flexibility index (Phi) is 7.36. The van der Waals surface area contributed by atoms with Crippen molar-refractivity contribution in [1.82, 2.24) is 10.6 Å². The van der Waals surface area contributed by atoms with Crippen molar-refractivity contribution in [2.24, 2.45) is 0 Å². The SMILES string of the molecule is CC(NC(=O)NCCC1CCCCO1)C(O)Cc1ccccc1. The molecule has 1 saturated heterocycles. The van der Waals surface area contributed by atoms with Crippen LogP contribution in [0.3, 0.4) is 0 Å². The average Bonchev–Trinajstić information content (AvgIpc) is 2.56. The summed E-state index contributed by atoms with van der Waals surface area (Å²) in [6, 6.07) is 9.24. The largest absolute Gasteiger partial charge is 0.391 e. The molecule has 1 aliphatic heterocycles. The minimum Gasteiger partial charge on any atom is -0.391 e. The smallest absolute Gasteiger partial charge is 0.315 e. The van der Waals surface area contributed by atoms with Gasteiger partial charge < -0.3 is 20.5 Å². The fourth-order valence-electron chi connectivity index (χ4n) is 2.77. The molecule has 3 unspecified atom stereocenters. The molecule has 0 bridgehead atoms. The van der Waals surface area contributed by atoms with Crippen molar-refractivity contribution in [1.29, 1.82) is 0 Å². The van der Waals surface area contributed by atoms with Crippen molar-refractivity contribution in [3.8, 4) is 0 Å². The molecule has 1 aliphatic rings. The van der Waals surface area contributed by atoms with Crippen LogP contribution < -0.4 is 10.6 Å². The van der Waals surface area contributed by atoms with Crippen LogP contribution in [-0.4, -0.2) is 42.5 Å². The monoisotopic (exact) mass is 320 g/mol. The molecule has 0 radical (unpaired) electrons. The van der Waals surface area contributed by atoms with Gasteiger partial charge in [-0.2, -0.15) is 0 Å². The molecule has 0 aliphatic carbocycles. The third kappa shape index (κ3) is 6.59. The van der Waals surface area contributed by atoms with Crippen LogP contribution in [0.4, 0.5) is 4.79 Å². The van der Waals surface area contributed by atoms with Crippen LogP contribution >= 0.6 is 0 Å². The van der Waals surface area contributed by atoms with Gasteiger partial charge in [-0.05, 0) is 38.2 Å². The van der Waals surface area contributed by atoms with E-state index in [4.69, 9.17) is 4.74 Å². The summed E-state index contributed by atoms with van der Waals surface area (Å²) < 4.78 is 5.63. The second-order valence-corrected chi connectivity index (χ2v) is 6.22. The number of urea groups is 1. The first-order chi connectivity index (χ1) is 11.1. The molecule has 3 N–H and O–H groups in total. The fraction of sp³-hybridized carbons (Fsp3) is 0.611. The van der Waals surface area contributed by atoms with Crippen LogP contribution in [-0.2, 0) is 11.2 Å². The third-order valence-corrected chi connectivity index (χ3v) is 4.25. The first-order valence-electron chi connectivity index (χ1n) is 8.53. The van der Waals surface area contributed by atoms with Crippen molar-refractivity contribution in [3.63, 3.8) is 0 Å². The van der Waals surface area contributed by atoms with E-state index in [-0.39, 0.29) is 18.2 Å². The van der Waals surface area contributed by atoms with Gasteiger partial charge in [-0.1, -0.05) is 30.3 Å². The summed E-state index contributed by atoms with van der Waals surface area (Å²) in [5, 5.41) is 15.8. The highest BCUT2D eigenvalue weighted by atomic mass is 16.5. The van der Waals surface area contributed by atoms with Crippen LogP contribution in [0.25, 0.3) is 0 Å². The Morgan fingerprint density at radius 2 is 2.13 bits per heavy atom. The van der Waals surface area contributed by atoms with Gasteiger partial charge in [0, 0.05) is 19.6 Å². The molecule has 1 aromatic carbocycles. The molecule has 0 spiro atoms. The molecule has 2 rings (SSSR count). The molecule has 5 heteroatoms. The van der Waals surface area contributed by atoms with E-state index in [0.717, 1.165) is 31.4 Å². The number of amides is 2. The van der Waals surface area contributed by atoms with E-state index in [1.165, 1.54) is 6.42 Å². The van der Waals surface area contributed by atoms with Gasteiger partial charge >= 0.3 is 6.03 Å². The average molecular weight is 320 g/mol. The number of nitrogens with one attached hydrogen (secondary N) is 2. The Labute approximate surface area is 138 Å². The fourth-order valence-corrected chi connectivity index (χ4v) is 2.77. The van der Waals surface area contributed by atoms with Gasteiger partial charge in [0.05, 0.1) is 18.2 Å². The van der Waals surface area contributed by atoms with Crippen LogP contribution in [0, 0.1) is 0 Å². The number of aliphatic hydroxyl groups excluding tert-OH is 1. The minimum absolute atomic E-state index is 0.236. The summed E-state index contributed by atoms with van der Waals surface area (Å²) in [7, 11) is 0. The molecule has 1 aromatic rings. The lowest BCUT2D eigenvalue weighted by Gasteiger charge is -2.23. The zero-order chi connectivity index (χ0) is 16.5. The maximum Gasteiger partial charge on any atom is 0.315 e. The molecule has 128 valence electrons. The zero-order valence-corrected chi connectivity index (χ0v) is 13.8. The van der Waals surface area contributed by atoms with E-state index in [2.05, 4.69) is 10.6 Å². The van der Waals surface area contributed by atoms with Gasteiger partial charge in [0.2, 0.25) is 0 Å². The highest BCUT2D eigenvalue weighted by molar-refractivity contribution is 5.74. The molecule has 0 saturated carbocycles. The van der Waals surface area contributed by atoms with Gasteiger partial charge in [-0.3, -0.25) is 0 Å². The first-order valence-corrected chi connectivity index (χ1v) is 8.53. The second-order valence-electron chi connectivity index (χ2n) is 6.22. The molecule has 23 heavy (non-hydrogen) atoms. The van der Waals surface area contributed by atoms with Gasteiger partial charge in [-0.25, -0.2) is 4.79 Å². The van der Waals surface area contributed by atoms with Crippen LogP contribution in [0.5, 0.6) is 0 Å². The van der Waals surface area contributed by atoms with Crippen LogP contribution in [0.1, 0.15) is 38.2 Å². The Balaban J connectivity index is 1.63. The van der Waals surface area contributed by atoms with Crippen molar-refractivity contribution in [2.75, 3.05) is 13.2 Å². The van der Waals surface area contributed by atoms with Gasteiger partial charge in [-0.15, -0.1) is 0 Å². The van der Waals surface area contributed by atoms with Crippen LogP contribution in [0.2, 0.25) is 0 Å². The third-order valence-electron chi connectivity index (χ3n) is 4.25. The second kappa shape index (κ2) is 9.53. The summed E-state index contributed by atoms with van der Waals surface area (Å²) in [5.41, 5.74) is 1.06. The van der Waals surface area contributed by atoms with Gasteiger partial charge in [0.15, 0.2) is 0 Å². The molecule has 0 aromatic heterocycles. The maximum absolute atomic E-state index is 11.9. The quantitative estimate of drug-likeness (QED) is 0.721. The van der Waals surface area contributed by atoms with Gasteiger partial charge in [0.1, 0.15) is 0 Å². The number of carbonyl (C=O) groups is 1. The number of aliphatic hydroxyl groups is 1. The summed E-state index contributed by atoms with van der Waals surface area (Å²) in [6.07, 6.45) is 4.46. The van der Waals surface area contributed by atoms with Crippen molar-refractivity contribution < 1.29 is 14.6 Å². The summed E-state index contributed by atoms with van der Waals surface area (Å²) in [5.74, 6) is 0. The highest BCUT2D eigenvalue weighted by Gasteiger charge is 2.18. The molecule has 5 nitrogen and oxygen atoms in total. The molecular formula is C18H28N2O3. The van der Waals surface area contributed by atoms with Crippen molar-refractivity contribution in [3.05, 3.63) is 35.9 Å². The predicted molar refractivity (Wildman–Crippen MR) is 90.4 cm³/mol. The van der Waals surface area contributed by atoms with Gasteiger partial charge in [0.25, 0.3) is 0 Å². The molecule has 1 heterocycles. The molecule has 1 fully saturated rings. The minimum atomic E-state index is -0.607. The highest BCUT2D eigenvalue weighted by Crippen LogP contribution is 2.14. The van der Waals surface area contributed by atoms with E-state index in [9.17, 15) is 9.90 Å². The number of hydrogen-bond donors (Lipinski definition) is 3. The lowest BCUT2D eigenvalue weighted by atomic mass is 10.0.